The number of fused-ring (bicyclic) bond motifs is 1. The molecule has 1 fully saturated rings. The molecule has 0 radical (unpaired) electrons. The summed E-state index contributed by atoms with van der Waals surface area (Å²) >= 11 is 11.9. The van der Waals surface area contributed by atoms with Crippen LogP contribution in [0.5, 0.6) is 0 Å². The number of alkyl halides is 2. The van der Waals surface area contributed by atoms with E-state index in [0.717, 1.165) is 17.7 Å². The molecule has 1 aromatic carbocycles. The number of para-hydroxylation sites is 1. The van der Waals surface area contributed by atoms with Crippen LogP contribution in [0.25, 0.3) is 0 Å². The van der Waals surface area contributed by atoms with E-state index in [2.05, 4.69) is 0 Å². The van der Waals surface area contributed by atoms with Crippen LogP contribution in [0.4, 0.5) is 5.69 Å². The molecular weight excluding hydrogens is 325 g/mol. The van der Waals surface area contributed by atoms with Gasteiger partial charge in [0.05, 0.1) is 0 Å². The second-order valence-corrected chi connectivity index (χ2v) is 7.61. The lowest BCUT2D eigenvalue weighted by molar-refractivity contribution is -0.158. The first-order chi connectivity index (χ1) is 10.3. The second kappa shape index (κ2) is 5.14. The number of amides is 1. The standard InChI is InChI=1S/C16H17Cl2NO3/c1-10(22-14(21)15(2)9-16(15,17)18)13(20)19-8-7-11-5-3-4-6-12(11)19/h3-6,10H,7-9H2,1-2H3. The van der Waals surface area contributed by atoms with Gasteiger partial charge in [0.25, 0.3) is 5.91 Å². The minimum absolute atomic E-state index is 0.225. The lowest BCUT2D eigenvalue weighted by Crippen LogP contribution is -2.40. The second-order valence-electron chi connectivity index (χ2n) is 6.13. The lowest BCUT2D eigenvalue weighted by Gasteiger charge is -2.23. The van der Waals surface area contributed by atoms with Crippen molar-refractivity contribution in [3.8, 4) is 0 Å². The van der Waals surface area contributed by atoms with E-state index in [1.165, 1.54) is 0 Å². The highest BCUT2D eigenvalue weighted by atomic mass is 35.5. The minimum atomic E-state index is -1.09. The van der Waals surface area contributed by atoms with Gasteiger partial charge in [-0.05, 0) is 31.9 Å². The van der Waals surface area contributed by atoms with Crippen LogP contribution in [0.1, 0.15) is 25.8 Å². The summed E-state index contributed by atoms with van der Waals surface area (Å²) in [6.45, 7) is 3.83. The van der Waals surface area contributed by atoms with Gasteiger partial charge >= 0.3 is 5.97 Å². The average Bonchev–Trinajstić information content (AvgIpc) is 2.85. The number of hydrogen-bond donors (Lipinski definition) is 0. The summed E-state index contributed by atoms with van der Waals surface area (Å²) in [5, 5.41) is 0. The zero-order valence-corrected chi connectivity index (χ0v) is 13.9. The molecule has 1 aromatic rings. The Kier molecular flexibility index (Phi) is 3.65. The molecule has 1 heterocycles. The number of ether oxygens (including phenoxy) is 1. The number of carbonyl (C=O) groups is 2. The predicted molar refractivity (Wildman–Crippen MR) is 85.2 cm³/mol. The van der Waals surface area contributed by atoms with Gasteiger partial charge < -0.3 is 9.64 Å². The maximum absolute atomic E-state index is 12.5. The Morgan fingerprint density at radius 3 is 2.59 bits per heavy atom. The average molecular weight is 342 g/mol. The van der Waals surface area contributed by atoms with Gasteiger partial charge in [0.1, 0.15) is 9.75 Å². The summed E-state index contributed by atoms with van der Waals surface area (Å²) < 4.78 is 4.21. The monoisotopic (exact) mass is 341 g/mol. The SMILES string of the molecule is CC(OC(=O)C1(C)CC1(Cl)Cl)C(=O)N1CCc2ccccc21. The van der Waals surface area contributed by atoms with Crippen LogP contribution in [-0.2, 0) is 20.7 Å². The molecule has 2 atom stereocenters. The zero-order valence-electron chi connectivity index (χ0n) is 12.4. The van der Waals surface area contributed by atoms with Crippen LogP contribution in [0.3, 0.4) is 0 Å². The van der Waals surface area contributed by atoms with E-state index in [9.17, 15) is 9.59 Å². The number of esters is 1. The first-order valence-corrected chi connectivity index (χ1v) is 8.00. The molecule has 2 aliphatic rings. The molecular formula is C16H17Cl2NO3. The molecule has 1 amide bonds. The first-order valence-electron chi connectivity index (χ1n) is 7.24. The number of rotatable bonds is 3. The highest BCUT2D eigenvalue weighted by molar-refractivity contribution is 6.53. The van der Waals surface area contributed by atoms with Crippen LogP contribution in [-0.4, -0.2) is 28.9 Å². The number of hydrogen-bond acceptors (Lipinski definition) is 3. The van der Waals surface area contributed by atoms with Crippen molar-refractivity contribution >= 4 is 40.8 Å². The van der Waals surface area contributed by atoms with Crippen molar-refractivity contribution < 1.29 is 14.3 Å². The smallest absolute Gasteiger partial charge is 0.315 e. The lowest BCUT2D eigenvalue weighted by atomic mass is 10.1. The number of nitrogens with zero attached hydrogens (tertiary/aromatic N) is 1. The van der Waals surface area contributed by atoms with Gasteiger partial charge in [0.2, 0.25) is 0 Å². The Bertz CT molecular complexity index is 646. The quantitative estimate of drug-likeness (QED) is 0.626. The molecule has 22 heavy (non-hydrogen) atoms. The molecule has 0 N–H and O–H groups in total. The van der Waals surface area contributed by atoms with Crippen molar-refractivity contribution in [2.24, 2.45) is 5.41 Å². The van der Waals surface area contributed by atoms with E-state index >= 15 is 0 Å². The van der Waals surface area contributed by atoms with E-state index in [0.29, 0.717) is 13.0 Å². The fourth-order valence-corrected chi connectivity index (χ4v) is 3.44. The van der Waals surface area contributed by atoms with Gasteiger partial charge in [-0.3, -0.25) is 9.59 Å². The number of anilines is 1. The Balaban J connectivity index is 1.68. The van der Waals surface area contributed by atoms with E-state index in [1.54, 1.807) is 18.7 Å². The maximum atomic E-state index is 12.5. The highest BCUT2D eigenvalue weighted by Gasteiger charge is 2.69. The van der Waals surface area contributed by atoms with Gasteiger partial charge in [0.15, 0.2) is 6.10 Å². The molecule has 118 valence electrons. The Morgan fingerprint density at radius 1 is 1.32 bits per heavy atom. The summed E-state index contributed by atoms with van der Waals surface area (Å²) in [5.41, 5.74) is 1.09. The third kappa shape index (κ3) is 2.38. The Morgan fingerprint density at radius 2 is 1.95 bits per heavy atom. The third-order valence-electron chi connectivity index (χ3n) is 4.49. The van der Waals surface area contributed by atoms with Crippen LogP contribution in [0, 0.1) is 5.41 Å². The third-order valence-corrected chi connectivity index (χ3v) is 5.59. The van der Waals surface area contributed by atoms with Crippen molar-refractivity contribution in [3.05, 3.63) is 29.8 Å². The molecule has 1 aliphatic carbocycles. The molecule has 1 aliphatic heterocycles. The number of carbonyl (C=O) groups excluding carboxylic acids is 2. The summed E-state index contributed by atoms with van der Waals surface area (Å²) in [4.78, 5) is 26.4. The molecule has 6 heteroatoms. The van der Waals surface area contributed by atoms with Gasteiger partial charge in [0, 0.05) is 18.7 Å². The van der Waals surface area contributed by atoms with Crippen molar-refractivity contribution in [1.29, 1.82) is 0 Å². The van der Waals surface area contributed by atoms with Crippen LogP contribution < -0.4 is 4.90 Å². The molecule has 1 saturated carbocycles. The zero-order chi connectivity index (χ0) is 16.1. The van der Waals surface area contributed by atoms with Crippen molar-refractivity contribution in [2.45, 2.75) is 37.1 Å². The molecule has 0 saturated heterocycles. The van der Waals surface area contributed by atoms with Gasteiger partial charge in [-0.15, -0.1) is 23.2 Å². The highest BCUT2D eigenvalue weighted by Crippen LogP contribution is 2.64. The fraction of sp³-hybridized carbons (Fsp3) is 0.500. The van der Waals surface area contributed by atoms with Gasteiger partial charge in [-0.2, -0.15) is 0 Å². The van der Waals surface area contributed by atoms with E-state index < -0.39 is 21.8 Å². The minimum Gasteiger partial charge on any atom is -0.452 e. The molecule has 3 rings (SSSR count). The summed E-state index contributed by atoms with van der Waals surface area (Å²) in [7, 11) is 0. The summed E-state index contributed by atoms with van der Waals surface area (Å²) in [6.07, 6.45) is 0.294. The molecule has 4 nitrogen and oxygen atoms in total. The Labute approximate surface area is 139 Å². The van der Waals surface area contributed by atoms with Crippen molar-refractivity contribution in [2.75, 3.05) is 11.4 Å². The van der Waals surface area contributed by atoms with Crippen LogP contribution >= 0.6 is 23.2 Å². The molecule has 2 unspecified atom stereocenters. The van der Waals surface area contributed by atoms with Crippen molar-refractivity contribution in [3.63, 3.8) is 0 Å². The van der Waals surface area contributed by atoms with Gasteiger partial charge in [-0.1, -0.05) is 18.2 Å². The van der Waals surface area contributed by atoms with Gasteiger partial charge in [-0.25, -0.2) is 0 Å². The number of benzene rings is 1. The molecule has 0 aromatic heterocycles. The van der Waals surface area contributed by atoms with Crippen LogP contribution in [0.2, 0.25) is 0 Å². The summed E-state index contributed by atoms with van der Waals surface area (Å²) in [6, 6.07) is 7.74. The van der Waals surface area contributed by atoms with E-state index in [-0.39, 0.29) is 5.91 Å². The number of halogens is 2. The summed E-state index contributed by atoms with van der Waals surface area (Å²) in [5.74, 6) is -0.747. The van der Waals surface area contributed by atoms with E-state index in [4.69, 9.17) is 27.9 Å². The largest absolute Gasteiger partial charge is 0.452 e. The fourth-order valence-electron chi connectivity index (χ4n) is 2.75. The normalized spacial score (nSPS) is 26.3. The first kappa shape index (κ1) is 15.6. The Hall–Kier alpha value is -1.26. The molecule has 0 spiro atoms. The maximum Gasteiger partial charge on any atom is 0.315 e. The van der Waals surface area contributed by atoms with E-state index in [1.807, 2.05) is 24.3 Å². The topological polar surface area (TPSA) is 46.6 Å². The van der Waals surface area contributed by atoms with Crippen molar-refractivity contribution in [1.82, 2.24) is 0 Å². The molecule has 0 bridgehead atoms. The van der Waals surface area contributed by atoms with Crippen LogP contribution in [0.15, 0.2) is 24.3 Å². The predicted octanol–water partition coefficient (Wildman–Crippen LogP) is 3.09.